The molecule has 0 radical (unpaired) electrons. The Morgan fingerprint density at radius 1 is 0.636 bits per heavy atom. The number of hydrogen-bond donors (Lipinski definition) is 0. The highest BCUT2D eigenvalue weighted by atomic mass is 15.1. The lowest BCUT2D eigenvalue weighted by Crippen LogP contribution is -2.12. The zero-order chi connectivity index (χ0) is 14.9. The molecule has 1 aliphatic rings. The fourth-order valence-electron chi connectivity index (χ4n) is 3.10. The molecule has 0 bridgehead atoms. The number of anilines is 3. The Balaban J connectivity index is 2.06. The van der Waals surface area contributed by atoms with E-state index in [9.17, 15) is 0 Å². The minimum absolute atomic E-state index is 1.19. The van der Waals surface area contributed by atoms with Gasteiger partial charge in [-0.25, -0.2) is 0 Å². The lowest BCUT2D eigenvalue weighted by Gasteiger charge is -2.28. The number of aryl methyl sites for hydroxylation is 1. The number of hydrogen-bond acceptors (Lipinski definition) is 1. The molecule has 106 valence electrons. The number of para-hydroxylation sites is 3. The van der Waals surface area contributed by atoms with Crippen molar-refractivity contribution in [1.82, 2.24) is 0 Å². The highest BCUT2D eigenvalue weighted by Crippen LogP contribution is 2.43. The molecule has 0 saturated heterocycles. The third-order valence-electron chi connectivity index (χ3n) is 4.13. The molecule has 0 spiro atoms. The fourth-order valence-corrected chi connectivity index (χ4v) is 3.10. The van der Waals surface area contributed by atoms with E-state index >= 15 is 0 Å². The Morgan fingerprint density at radius 3 is 2.18 bits per heavy atom. The molecule has 0 amide bonds. The van der Waals surface area contributed by atoms with Crippen LogP contribution in [0.25, 0.3) is 12.2 Å². The standard InChI is InChI=1S/C21H17N/c1-16-8-7-10-18-15-14-17-9-5-6-13-20(17)22(21(16)18)19-11-3-2-4-12-19/h2-15H,1H3. The number of fused-ring (bicyclic) bond motifs is 2. The first-order chi connectivity index (χ1) is 10.8. The van der Waals surface area contributed by atoms with Crippen molar-refractivity contribution in [2.45, 2.75) is 6.92 Å². The summed E-state index contributed by atoms with van der Waals surface area (Å²) in [5, 5.41) is 0. The lowest BCUT2D eigenvalue weighted by molar-refractivity contribution is 1.24. The summed E-state index contributed by atoms with van der Waals surface area (Å²) in [5.41, 5.74) is 7.44. The first-order valence-corrected chi connectivity index (χ1v) is 7.56. The molecule has 3 aromatic rings. The van der Waals surface area contributed by atoms with E-state index in [-0.39, 0.29) is 0 Å². The normalized spacial score (nSPS) is 12.5. The van der Waals surface area contributed by atoms with E-state index < -0.39 is 0 Å². The van der Waals surface area contributed by atoms with Gasteiger partial charge >= 0.3 is 0 Å². The molecule has 0 fully saturated rings. The highest BCUT2D eigenvalue weighted by Gasteiger charge is 2.20. The maximum Gasteiger partial charge on any atom is 0.0563 e. The van der Waals surface area contributed by atoms with Crippen molar-refractivity contribution in [3.8, 4) is 0 Å². The van der Waals surface area contributed by atoms with Crippen LogP contribution in [0.5, 0.6) is 0 Å². The first kappa shape index (κ1) is 12.9. The van der Waals surface area contributed by atoms with Gasteiger partial charge in [-0.05, 0) is 41.8 Å². The molecule has 0 aromatic heterocycles. The minimum Gasteiger partial charge on any atom is -0.309 e. The molecule has 0 N–H and O–H groups in total. The van der Waals surface area contributed by atoms with Crippen molar-refractivity contribution in [3.63, 3.8) is 0 Å². The van der Waals surface area contributed by atoms with Crippen LogP contribution in [-0.4, -0.2) is 0 Å². The SMILES string of the molecule is Cc1cccc2c1N(c1ccccc1)c1ccccc1C=C2. The average molecular weight is 283 g/mol. The van der Waals surface area contributed by atoms with Crippen molar-refractivity contribution in [3.05, 3.63) is 89.5 Å². The third-order valence-corrected chi connectivity index (χ3v) is 4.13. The van der Waals surface area contributed by atoms with Crippen LogP contribution < -0.4 is 4.90 Å². The van der Waals surface area contributed by atoms with Gasteiger partial charge in [0.15, 0.2) is 0 Å². The first-order valence-electron chi connectivity index (χ1n) is 7.56. The van der Waals surface area contributed by atoms with E-state index in [4.69, 9.17) is 0 Å². The average Bonchev–Trinajstić information content (AvgIpc) is 2.74. The van der Waals surface area contributed by atoms with Crippen LogP contribution in [0.2, 0.25) is 0 Å². The van der Waals surface area contributed by atoms with Gasteiger partial charge in [0.05, 0.1) is 11.4 Å². The maximum absolute atomic E-state index is 2.36. The zero-order valence-electron chi connectivity index (χ0n) is 12.5. The van der Waals surface area contributed by atoms with E-state index in [1.54, 1.807) is 0 Å². The Kier molecular flexibility index (Phi) is 3.05. The molecule has 3 aromatic carbocycles. The summed E-state index contributed by atoms with van der Waals surface area (Å²) in [6.45, 7) is 2.18. The van der Waals surface area contributed by atoms with Gasteiger partial charge in [0.2, 0.25) is 0 Å². The van der Waals surface area contributed by atoms with Crippen molar-refractivity contribution < 1.29 is 0 Å². The molecule has 0 atom stereocenters. The van der Waals surface area contributed by atoms with E-state index in [1.807, 2.05) is 0 Å². The van der Waals surface area contributed by atoms with Crippen LogP contribution in [0, 0.1) is 6.92 Å². The lowest BCUT2D eigenvalue weighted by atomic mass is 10.1. The van der Waals surface area contributed by atoms with Gasteiger partial charge in [-0.1, -0.05) is 66.7 Å². The molecule has 1 nitrogen and oxygen atoms in total. The van der Waals surface area contributed by atoms with Crippen LogP contribution in [0.3, 0.4) is 0 Å². The van der Waals surface area contributed by atoms with Gasteiger partial charge in [0.25, 0.3) is 0 Å². The molecular formula is C21H17N. The van der Waals surface area contributed by atoms with E-state index in [2.05, 4.69) is 96.8 Å². The predicted molar refractivity (Wildman–Crippen MR) is 94.8 cm³/mol. The van der Waals surface area contributed by atoms with Crippen LogP contribution in [0.1, 0.15) is 16.7 Å². The molecule has 0 aliphatic carbocycles. The topological polar surface area (TPSA) is 3.24 Å². The van der Waals surface area contributed by atoms with Crippen molar-refractivity contribution in [1.29, 1.82) is 0 Å². The fraction of sp³-hybridized carbons (Fsp3) is 0.0476. The predicted octanol–water partition coefficient (Wildman–Crippen LogP) is 5.95. The smallest absolute Gasteiger partial charge is 0.0563 e. The van der Waals surface area contributed by atoms with Crippen LogP contribution in [-0.2, 0) is 0 Å². The second kappa shape index (κ2) is 5.19. The Hall–Kier alpha value is -2.80. The van der Waals surface area contributed by atoms with Gasteiger partial charge in [0.1, 0.15) is 0 Å². The Morgan fingerprint density at radius 2 is 1.32 bits per heavy atom. The van der Waals surface area contributed by atoms with Gasteiger partial charge in [-0.15, -0.1) is 0 Å². The van der Waals surface area contributed by atoms with Gasteiger partial charge in [-0.2, -0.15) is 0 Å². The second-order valence-electron chi connectivity index (χ2n) is 5.58. The van der Waals surface area contributed by atoms with E-state index in [1.165, 1.54) is 33.8 Å². The van der Waals surface area contributed by atoms with Crippen molar-refractivity contribution in [2.75, 3.05) is 4.90 Å². The summed E-state index contributed by atoms with van der Waals surface area (Å²) in [5.74, 6) is 0. The summed E-state index contributed by atoms with van der Waals surface area (Å²) in [7, 11) is 0. The quantitative estimate of drug-likeness (QED) is 0.417. The van der Waals surface area contributed by atoms with E-state index in [0.29, 0.717) is 0 Å². The van der Waals surface area contributed by atoms with Crippen molar-refractivity contribution in [2.24, 2.45) is 0 Å². The summed E-state index contributed by atoms with van der Waals surface area (Å²) >= 11 is 0. The molecule has 22 heavy (non-hydrogen) atoms. The van der Waals surface area contributed by atoms with Gasteiger partial charge < -0.3 is 4.90 Å². The van der Waals surface area contributed by atoms with E-state index in [0.717, 1.165) is 0 Å². The summed E-state index contributed by atoms with van der Waals surface area (Å²) in [4.78, 5) is 2.36. The molecule has 0 saturated carbocycles. The summed E-state index contributed by atoms with van der Waals surface area (Å²) in [6, 6.07) is 25.6. The molecule has 4 rings (SSSR count). The van der Waals surface area contributed by atoms with Crippen molar-refractivity contribution >= 4 is 29.2 Å². The molecule has 1 aliphatic heterocycles. The molecular weight excluding hydrogens is 266 g/mol. The number of rotatable bonds is 1. The zero-order valence-corrected chi connectivity index (χ0v) is 12.5. The van der Waals surface area contributed by atoms with Gasteiger partial charge in [-0.3, -0.25) is 0 Å². The Bertz CT molecular complexity index is 847. The van der Waals surface area contributed by atoms with Crippen LogP contribution in [0.4, 0.5) is 17.1 Å². The highest BCUT2D eigenvalue weighted by molar-refractivity contribution is 5.94. The maximum atomic E-state index is 2.36. The molecule has 0 unspecified atom stereocenters. The van der Waals surface area contributed by atoms with Crippen LogP contribution >= 0.6 is 0 Å². The monoisotopic (exact) mass is 283 g/mol. The summed E-state index contributed by atoms with van der Waals surface area (Å²) < 4.78 is 0. The minimum atomic E-state index is 1.19. The Labute approximate surface area is 131 Å². The second-order valence-corrected chi connectivity index (χ2v) is 5.58. The number of nitrogens with zero attached hydrogens (tertiary/aromatic N) is 1. The molecule has 1 heteroatoms. The molecule has 1 heterocycles. The van der Waals surface area contributed by atoms with Gasteiger partial charge in [0, 0.05) is 5.69 Å². The number of benzene rings is 3. The largest absolute Gasteiger partial charge is 0.309 e. The van der Waals surface area contributed by atoms with Crippen LogP contribution in [0.15, 0.2) is 72.8 Å². The third kappa shape index (κ3) is 2.03. The summed E-state index contributed by atoms with van der Waals surface area (Å²) in [6.07, 6.45) is 4.42.